The molecule has 150 valence electrons. The molecule has 4 nitrogen and oxygen atoms in total. The van der Waals surface area contributed by atoms with E-state index >= 15 is 0 Å². The lowest BCUT2D eigenvalue weighted by Gasteiger charge is -2.44. The topological polar surface area (TPSA) is 60.8 Å². The van der Waals surface area contributed by atoms with Crippen LogP contribution < -0.4 is 0 Å². The zero-order valence-corrected chi connectivity index (χ0v) is 16.8. The van der Waals surface area contributed by atoms with Crippen LogP contribution in [0.1, 0.15) is 50.7 Å². The van der Waals surface area contributed by atoms with Gasteiger partial charge in [0.15, 0.2) is 0 Å². The molecule has 1 aliphatic heterocycles. The highest BCUT2D eigenvalue weighted by molar-refractivity contribution is 5.86. The summed E-state index contributed by atoms with van der Waals surface area (Å²) in [4.78, 5) is 15.1. The Balaban J connectivity index is 1.93. The van der Waals surface area contributed by atoms with Gasteiger partial charge < -0.3 is 10.2 Å². The van der Waals surface area contributed by atoms with Gasteiger partial charge in [0.05, 0.1) is 6.10 Å². The third-order valence-electron chi connectivity index (χ3n) is 6.33. The normalized spacial score (nSPS) is 16.8. The van der Waals surface area contributed by atoms with Crippen LogP contribution in [-0.2, 0) is 10.2 Å². The minimum Gasteiger partial charge on any atom is -0.480 e. The summed E-state index contributed by atoms with van der Waals surface area (Å²) in [6, 6.07) is 19.2. The molecule has 1 saturated heterocycles. The Morgan fingerprint density at radius 2 is 1.39 bits per heavy atom. The Kier molecular flexibility index (Phi) is 6.21. The minimum absolute atomic E-state index is 0.135. The number of rotatable bonds is 7. The molecule has 0 saturated carbocycles. The molecule has 28 heavy (non-hydrogen) atoms. The Morgan fingerprint density at radius 3 is 1.82 bits per heavy atom. The van der Waals surface area contributed by atoms with E-state index in [0.717, 1.165) is 43.5 Å². The van der Waals surface area contributed by atoms with E-state index in [1.807, 2.05) is 60.7 Å². The van der Waals surface area contributed by atoms with E-state index < -0.39 is 11.4 Å². The molecule has 1 fully saturated rings. The zero-order valence-electron chi connectivity index (χ0n) is 16.8. The molecule has 0 unspecified atom stereocenters. The van der Waals surface area contributed by atoms with Crippen molar-refractivity contribution in [3.8, 4) is 0 Å². The number of benzene rings is 2. The Morgan fingerprint density at radius 1 is 0.929 bits per heavy atom. The van der Waals surface area contributed by atoms with Crippen LogP contribution >= 0.6 is 0 Å². The number of aliphatic carboxylic acids is 1. The quantitative estimate of drug-likeness (QED) is 0.759. The summed E-state index contributed by atoms with van der Waals surface area (Å²) in [5.41, 5.74) is 0.427. The molecule has 4 heteroatoms. The fourth-order valence-corrected chi connectivity index (χ4v) is 4.38. The number of aliphatic hydroxyl groups excluding tert-OH is 1. The lowest BCUT2D eigenvalue weighted by Crippen LogP contribution is -2.50. The molecular weight excluding hydrogens is 350 g/mol. The van der Waals surface area contributed by atoms with Crippen molar-refractivity contribution in [2.75, 3.05) is 13.1 Å². The highest BCUT2D eigenvalue weighted by Crippen LogP contribution is 2.40. The number of carbonyl (C=O) groups is 1. The molecule has 0 spiro atoms. The van der Waals surface area contributed by atoms with E-state index in [4.69, 9.17) is 0 Å². The Hall–Kier alpha value is -2.17. The first kappa shape index (κ1) is 20.6. The predicted molar refractivity (Wildman–Crippen MR) is 111 cm³/mol. The molecular formula is C24H31NO3. The molecule has 1 aliphatic rings. The summed E-state index contributed by atoms with van der Waals surface area (Å²) < 4.78 is 0. The number of carboxylic acid groups (broad SMARTS) is 1. The maximum absolute atomic E-state index is 12.7. The van der Waals surface area contributed by atoms with E-state index in [2.05, 4.69) is 18.7 Å². The molecule has 0 bridgehead atoms. The number of hydrogen-bond donors (Lipinski definition) is 2. The molecule has 0 amide bonds. The van der Waals surface area contributed by atoms with Crippen LogP contribution in [0.3, 0.4) is 0 Å². The first-order valence-corrected chi connectivity index (χ1v) is 10.1. The summed E-state index contributed by atoms with van der Waals surface area (Å²) in [5.74, 6) is -0.810. The van der Waals surface area contributed by atoms with Crippen molar-refractivity contribution >= 4 is 5.97 Å². The van der Waals surface area contributed by atoms with Gasteiger partial charge in [-0.25, -0.2) is 0 Å². The molecule has 0 aliphatic carbocycles. The highest BCUT2D eigenvalue weighted by Gasteiger charge is 2.44. The second-order valence-electron chi connectivity index (χ2n) is 8.47. The number of aliphatic hydroxyl groups is 1. The van der Waals surface area contributed by atoms with Gasteiger partial charge in [-0.2, -0.15) is 0 Å². The fourth-order valence-electron chi connectivity index (χ4n) is 4.38. The largest absolute Gasteiger partial charge is 0.480 e. The van der Waals surface area contributed by atoms with Crippen LogP contribution in [0.25, 0.3) is 0 Å². The number of likely N-dealkylation sites (tertiary alicyclic amines) is 1. The lowest BCUT2D eigenvalue weighted by atomic mass is 9.69. The highest BCUT2D eigenvalue weighted by atomic mass is 16.4. The molecule has 0 atom stereocenters. The standard InChI is InChI=1S/C24H31NO3/c1-23(2,25-17-13-21(26)14-18-25)15-16-24(22(27)28,19-9-5-3-6-10-19)20-11-7-4-8-12-20/h3-12,21,26H,13-18H2,1-2H3,(H,27,28). The molecule has 2 aromatic rings. The smallest absolute Gasteiger partial charge is 0.318 e. The summed E-state index contributed by atoms with van der Waals surface area (Å²) >= 11 is 0. The first-order valence-electron chi connectivity index (χ1n) is 10.1. The van der Waals surface area contributed by atoms with Gasteiger partial charge in [0.2, 0.25) is 0 Å². The van der Waals surface area contributed by atoms with Gasteiger partial charge in [-0.05, 0) is 50.7 Å². The third-order valence-corrected chi connectivity index (χ3v) is 6.33. The van der Waals surface area contributed by atoms with E-state index in [1.165, 1.54) is 0 Å². The van der Waals surface area contributed by atoms with Crippen LogP contribution in [0.5, 0.6) is 0 Å². The van der Waals surface area contributed by atoms with Crippen molar-refractivity contribution in [3.63, 3.8) is 0 Å². The predicted octanol–water partition coefficient (Wildman–Crippen LogP) is 4.07. The molecule has 2 aromatic carbocycles. The van der Waals surface area contributed by atoms with Crippen molar-refractivity contribution < 1.29 is 15.0 Å². The average Bonchev–Trinajstić information content (AvgIpc) is 2.70. The maximum Gasteiger partial charge on any atom is 0.318 e. The van der Waals surface area contributed by atoms with E-state index in [-0.39, 0.29) is 11.6 Å². The molecule has 3 rings (SSSR count). The van der Waals surface area contributed by atoms with Crippen LogP contribution in [0.4, 0.5) is 0 Å². The van der Waals surface area contributed by atoms with Gasteiger partial charge in [0, 0.05) is 18.6 Å². The summed E-state index contributed by atoms with van der Waals surface area (Å²) in [7, 11) is 0. The minimum atomic E-state index is -1.07. The van der Waals surface area contributed by atoms with Crippen LogP contribution in [0.2, 0.25) is 0 Å². The second-order valence-corrected chi connectivity index (χ2v) is 8.47. The van der Waals surface area contributed by atoms with Crippen molar-refractivity contribution in [1.29, 1.82) is 0 Å². The van der Waals surface area contributed by atoms with Gasteiger partial charge in [-0.1, -0.05) is 60.7 Å². The van der Waals surface area contributed by atoms with Gasteiger partial charge in [0.1, 0.15) is 5.41 Å². The van der Waals surface area contributed by atoms with E-state index in [1.54, 1.807) is 0 Å². The summed E-state index contributed by atoms with van der Waals surface area (Å²) in [6.07, 6.45) is 2.62. The summed E-state index contributed by atoms with van der Waals surface area (Å²) in [6.45, 7) is 6.08. The SMILES string of the molecule is CC(C)(CCC(C(=O)O)(c1ccccc1)c1ccccc1)N1CCC(O)CC1. The second kappa shape index (κ2) is 8.46. The van der Waals surface area contributed by atoms with E-state index in [9.17, 15) is 15.0 Å². The van der Waals surface area contributed by atoms with Crippen LogP contribution in [-0.4, -0.2) is 45.8 Å². The number of nitrogens with zero attached hydrogens (tertiary/aromatic N) is 1. The zero-order chi connectivity index (χ0) is 20.2. The van der Waals surface area contributed by atoms with Crippen molar-refractivity contribution in [1.82, 2.24) is 4.90 Å². The van der Waals surface area contributed by atoms with Crippen LogP contribution in [0.15, 0.2) is 60.7 Å². The molecule has 0 aromatic heterocycles. The Bertz CT molecular complexity index is 725. The van der Waals surface area contributed by atoms with Crippen molar-refractivity contribution in [2.24, 2.45) is 0 Å². The van der Waals surface area contributed by atoms with Crippen molar-refractivity contribution in [3.05, 3.63) is 71.8 Å². The lowest BCUT2D eigenvalue weighted by molar-refractivity contribution is -0.142. The first-order chi connectivity index (χ1) is 13.4. The van der Waals surface area contributed by atoms with Gasteiger partial charge in [-0.15, -0.1) is 0 Å². The van der Waals surface area contributed by atoms with Gasteiger partial charge in [-0.3, -0.25) is 9.69 Å². The Labute approximate surface area is 167 Å². The monoisotopic (exact) mass is 381 g/mol. The maximum atomic E-state index is 12.7. The van der Waals surface area contributed by atoms with Crippen LogP contribution in [0, 0.1) is 0 Å². The van der Waals surface area contributed by atoms with Gasteiger partial charge >= 0.3 is 5.97 Å². The van der Waals surface area contributed by atoms with Gasteiger partial charge in [0.25, 0.3) is 0 Å². The fraction of sp³-hybridized carbons (Fsp3) is 0.458. The number of carboxylic acids is 1. The van der Waals surface area contributed by atoms with E-state index in [0.29, 0.717) is 6.42 Å². The molecule has 0 radical (unpaired) electrons. The average molecular weight is 382 g/mol. The van der Waals surface area contributed by atoms with Crippen molar-refractivity contribution in [2.45, 2.75) is 56.6 Å². The summed E-state index contributed by atoms with van der Waals surface area (Å²) in [5, 5.41) is 20.2. The number of piperidine rings is 1. The third kappa shape index (κ3) is 4.13. The molecule has 1 heterocycles. The molecule has 2 N–H and O–H groups in total. The number of hydrogen-bond acceptors (Lipinski definition) is 3.